The molecule has 8 heteroatoms. The van der Waals surface area contributed by atoms with Gasteiger partial charge in [-0.25, -0.2) is 0 Å². The first kappa shape index (κ1) is 16.2. The number of nitrogens with zero attached hydrogens (tertiary/aromatic N) is 2. The smallest absolute Gasteiger partial charge is 0.305 e. The lowest BCUT2D eigenvalue weighted by atomic mass is 10.2. The Morgan fingerprint density at radius 3 is 2.95 bits per heavy atom. The number of amides is 1. The lowest BCUT2D eigenvalue weighted by Gasteiger charge is -2.03. The van der Waals surface area contributed by atoms with Crippen LogP contribution in [0.25, 0.3) is 11.5 Å². The number of aryl methyl sites for hydroxylation is 1. The fraction of sp³-hybridized carbons (Fsp3) is 0.429. The topological polar surface area (TPSA) is 94.3 Å². The first-order chi connectivity index (χ1) is 10.7. The van der Waals surface area contributed by atoms with E-state index in [-0.39, 0.29) is 18.3 Å². The minimum absolute atomic E-state index is 0.111. The van der Waals surface area contributed by atoms with Crippen molar-refractivity contribution in [1.82, 2.24) is 15.5 Å². The molecule has 2 aromatic rings. The van der Waals surface area contributed by atoms with E-state index in [9.17, 15) is 9.59 Å². The Bertz CT molecular complexity index is 609. The standard InChI is InChI=1S/C14H17N3O4S/c1-20-13(19)3-2-7-15-11(18)4-5-12-16-17-14(21-12)10-6-8-22-9-10/h6,8-9H,2-5,7H2,1H3,(H,15,18). The summed E-state index contributed by atoms with van der Waals surface area (Å²) in [4.78, 5) is 22.6. The molecule has 1 amide bonds. The van der Waals surface area contributed by atoms with Crippen LogP contribution < -0.4 is 5.32 Å². The second-order valence-corrected chi connectivity index (χ2v) is 5.32. The Hall–Kier alpha value is -2.22. The highest BCUT2D eigenvalue weighted by Crippen LogP contribution is 2.20. The SMILES string of the molecule is COC(=O)CCCNC(=O)CCc1nnc(-c2ccsc2)o1. The number of esters is 1. The third-order valence-corrected chi connectivity index (χ3v) is 3.59. The number of methoxy groups -OCH3 is 1. The first-order valence-electron chi connectivity index (χ1n) is 6.87. The summed E-state index contributed by atoms with van der Waals surface area (Å²) in [6.07, 6.45) is 1.51. The zero-order chi connectivity index (χ0) is 15.8. The number of carbonyl (C=O) groups excluding carboxylic acids is 2. The highest BCUT2D eigenvalue weighted by molar-refractivity contribution is 7.08. The number of aromatic nitrogens is 2. The molecule has 0 atom stereocenters. The van der Waals surface area contributed by atoms with Crippen LogP contribution in [-0.2, 0) is 20.7 Å². The zero-order valence-electron chi connectivity index (χ0n) is 12.2. The van der Waals surface area contributed by atoms with Gasteiger partial charge in [-0.15, -0.1) is 10.2 Å². The van der Waals surface area contributed by atoms with Crippen molar-refractivity contribution in [1.29, 1.82) is 0 Å². The van der Waals surface area contributed by atoms with Crippen LogP contribution in [0.5, 0.6) is 0 Å². The lowest BCUT2D eigenvalue weighted by Crippen LogP contribution is -2.25. The molecule has 0 aliphatic carbocycles. The maximum absolute atomic E-state index is 11.7. The van der Waals surface area contributed by atoms with Gasteiger partial charge in [0.15, 0.2) is 0 Å². The monoisotopic (exact) mass is 323 g/mol. The maximum Gasteiger partial charge on any atom is 0.305 e. The maximum atomic E-state index is 11.7. The molecule has 0 saturated heterocycles. The fourth-order valence-corrected chi connectivity index (χ4v) is 2.36. The van der Waals surface area contributed by atoms with E-state index in [0.717, 1.165) is 5.56 Å². The van der Waals surface area contributed by atoms with Crippen molar-refractivity contribution in [2.75, 3.05) is 13.7 Å². The highest BCUT2D eigenvalue weighted by atomic mass is 32.1. The number of hydrogen-bond donors (Lipinski definition) is 1. The third-order valence-electron chi connectivity index (χ3n) is 2.91. The Morgan fingerprint density at radius 1 is 1.36 bits per heavy atom. The van der Waals surface area contributed by atoms with Crippen LogP contribution in [0.4, 0.5) is 0 Å². The molecule has 22 heavy (non-hydrogen) atoms. The molecule has 7 nitrogen and oxygen atoms in total. The summed E-state index contributed by atoms with van der Waals surface area (Å²) in [5, 5.41) is 14.5. The second-order valence-electron chi connectivity index (χ2n) is 4.54. The van der Waals surface area contributed by atoms with Gasteiger partial charge in [-0.3, -0.25) is 9.59 Å². The van der Waals surface area contributed by atoms with Gasteiger partial charge in [-0.05, 0) is 17.9 Å². The Balaban J connectivity index is 1.67. The summed E-state index contributed by atoms with van der Waals surface area (Å²) < 4.78 is 10.0. The Kier molecular flexibility index (Phi) is 6.08. The van der Waals surface area contributed by atoms with Gasteiger partial charge in [0, 0.05) is 36.8 Å². The minimum Gasteiger partial charge on any atom is -0.469 e. The van der Waals surface area contributed by atoms with Gasteiger partial charge >= 0.3 is 5.97 Å². The molecule has 0 bridgehead atoms. The van der Waals surface area contributed by atoms with E-state index in [1.54, 1.807) is 11.3 Å². The third kappa shape index (κ3) is 4.96. The minimum atomic E-state index is -0.277. The van der Waals surface area contributed by atoms with E-state index >= 15 is 0 Å². The van der Waals surface area contributed by atoms with Crippen molar-refractivity contribution in [3.05, 3.63) is 22.7 Å². The predicted octanol–water partition coefficient (Wildman–Crippen LogP) is 1.80. The fourth-order valence-electron chi connectivity index (χ4n) is 1.73. The largest absolute Gasteiger partial charge is 0.469 e. The summed E-state index contributed by atoms with van der Waals surface area (Å²) in [6.45, 7) is 0.442. The second kappa shape index (κ2) is 8.28. The number of hydrogen-bond acceptors (Lipinski definition) is 7. The van der Waals surface area contributed by atoms with E-state index < -0.39 is 0 Å². The van der Waals surface area contributed by atoms with E-state index in [0.29, 0.717) is 37.6 Å². The molecule has 2 aromatic heterocycles. The summed E-state index contributed by atoms with van der Waals surface area (Å²) >= 11 is 1.55. The van der Waals surface area contributed by atoms with E-state index in [4.69, 9.17) is 4.42 Å². The number of thiophene rings is 1. The van der Waals surface area contributed by atoms with Gasteiger partial charge in [0.05, 0.1) is 7.11 Å². The molecule has 0 aliphatic heterocycles. The molecular weight excluding hydrogens is 306 g/mol. The lowest BCUT2D eigenvalue weighted by molar-refractivity contribution is -0.140. The number of nitrogens with one attached hydrogen (secondary N) is 1. The quantitative estimate of drug-likeness (QED) is 0.588. The highest BCUT2D eigenvalue weighted by Gasteiger charge is 2.10. The van der Waals surface area contributed by atoms with Crippen LogP contribution in [0.2, 0.25) is 0 Å². The van der Waals surface area contributed by atoms with Crippen molar-refractivity contribution in [3.8, 4) is 11.5 Å². The summed E-state index contributed by atoms with van der Waals surface area (Å²) in [5.41, 5.74) is 0.885. The molecule has 118 valence electrons. The molecule has 0 radical (unpaired) electrons. The summed E-state index contributed by atoms with van der Waals surface area (Å²) in [7, 11) is 1.34. The molecular formula is C14H17N3O4S. The van der Waals surface area contributed by atoms with E-state index in [1.807, 2.05) is 16.8 Å². The molecule has 0 unspecified atom stereocenters. The van der Waals surface area contributed by atoms with Gasteiger partial charge < -0.3 is 14.5 Å². The van der Waals surface area contributed by atoms with Gasteiger partial charge in [0.2, 0.25) is 17.7 Å². The van der Waals surface area contributed by atoms with Crippen molar-refractivity contribution in [2.24, 2.45) is 0 Å². The van der Waals surface area contributed by atoms with Gasteiger partial charge in [-0.2, -0.15) is 11.3 Å². The van der Waals surface area contributed by atoms with Crippen molar-refractivity contribution >= 4 is 23.2 Å². The number of carbonyl (C=O) groups is 2. The molecule has 0 spiro atoms. The van der Waals surface area contributed by atoms with Gasteiger partial charge in [-0.1, -0.05) is 0 Å². The van der Waals surface area contributed by atoms with Crippen LogP contribution in [0.15, 0.2) is 21.2 Å². The summed E-state index contributed by atoms with van der Waals surface area (Å²) in [5.74, 6) is 0.516. The molecule has 0 aliphatic rings. The van der Waals surface area contributed by atoms with Crippen molar-refractivity contribution < 1.29 is 18.7 Å². The molecule has 1 N–H and O–H groups in total. The average Bonchev–Trinajstić information content (AvgIpc) is 3.19. The zero-order valence-corrected chi connectivity index (χ0v) is 13.0. The normalized spacial score (nSPS) is 10.4. The van der Waals surface area contributed by atoms with Crippen LogP contribution in [0, 0.1) is 0 Å². The van der Waals surface area contributed by atoms with Crippen molar-refractivity contribution in [3.63, 3.8) is 0 Å². The average molecular weight is 323 g/mol. The molecule has 2 heterocycles. The van der Waals surface area contributed by atoms with Crippen LogP contribution in [0.3, 0.4) is 0 Å². The van der Waals surface area contributed by atoms with E-state index in [1.165, 1.54) is 7.11 Å². The van der Waals surface area contributed by atoms with Gasteiger partial charge in [0.1, 0.15) is 0 Å². The van der Waals surface area contributed by atoms with Crippen molar-refractivity contribution in [2.45, 2.75) is 25.7 Å². The van der Waals surface area contributed by atoms with Crippen LogP contribution >= 0.6 is 11.3 Å². The predicted molar refractivity (Wildman–Crippen MR) is 80.2 cm³/mol. The molecule has 0 saturated carbocycles. The van der Waals surface area contributed by atoms with Gasteiger partial charge in [0.25, 0.3) is 0 Å². The number of ether oxygens (including phenoxy) is 1. The van der Waals surface area contributed by atoms with Crippen LogP contribution in [-0.4, -0.2) is 35.7 Å². The van der Waals surface area contributed by atoms with Crippen LogP contribution in [0.1, 0.15) is 25.2 Å². The summed E-state index contributed by atoms with van der Waals surface area (Å²) in [6, 6.07) is 1.90. The molecule has 0 aromatic carbocycles. The molecule has 0 fully saturated rings. The number of rotatable bonds is 8. The Morgan fingerprint density at radius 2 is 2.23 bits per heavy atom. The Labute approximate surface area is 131 Å². The van der Waals surface area contributed by atoms with E-state index in [2.05, 4.69) is 20.3 Å². The first-order valence-corrected chi connectivity index (χ1v) is 7.82. The molecule has 2 rings (SSSR count).